The zero-order chi connectivity index (χ0) is 11.3. The van der Waals surface area contributed by atoms with Gasteiger partial charge in [-0.15, -0.1) is 0 Å². The lowest BCUT2D eigenvalue weighted by Crippen LogP contribution is -2.46. The molecule has 2 nitrogen and oxygen atoms in total. The summed E-state index contributed by atoms with van der Waals surface area (Å²) in [7, 11) is 0. The summed E-state index contributed by atoms with van der Waals surface area (Å²) in [5, 5.41) is 3.59. The minimum Gasteiger partial charge on any atom is -0.377 e. The highest BCUT2D eigenvalue weighted by molar-refractivity contribution is 4.89. The molecule has 2 saturated heterocycles. The van der Waals surface area contributed by atoms with Gasteiger partial charge in [-0.2, -0.15) is 0 Å². The van der Waals surface area contributed by atoms with Gasteiger partial charge in [-0.25, -0.2) is 0 Å². The number of nitrogens with one attached hydrogen (secondary N) is 1. The highest BCUT2D eigenvalue weighted by Gasteiger charge is 2.34. The van der Waals surface area contributed by atoms with E-state index in [1.807, 2.05) is 13.8 Å². The van der Waals surface area contributed by atoms with E-state index < -0.39 is 0 Å². The Hall–Kier alpha value is -0.0800. The lowest BCUT2D eigenvalue weighted by atomic mass is 9.81. The molecule has 0 aromatic rings. The van der Waals surface area contributed by atoms with Gasteiger partial charge in [0.25, 0.3) is 0 Å². The van der Waals surface area contributed by atoms with E-state index in [0.717, 1.165) is 6.61 Å². The van der Waals surface area contributed by atoms with Gasteiger partial charge in [0.05, 0.1) is 6.10 Å². The van der Waals surface area contributed by atoms with Crippen molar-refractivity contribution in [2.24, 2.45) is 5.41 Å². The topological polar surface area (TPSA) is 21.3 Å². The lowest BCUT2D eigenvalue weighted by molar-refractivity contribution is 0.0200. The van der Waals surface area contributed by atoms with E-state index in [1.54, 1.807) is 0 Å². The molecular formula is C13H27NO. The van der Waals surface area contributed by atoms with Gasteiger partial charge in [0, 0.05) is 12.6 Å². The molecule has 2 fully saturated rings. The molecule has 2 heterocycles. The Morgan fingerprint density at radius 1 is 1.27 bits per heavy atom. The molecule has 2 heteroatoms. The molecule has 2 aliphatic rings. The smallest absolute Gasteiger partial charge is 0.0728 e. The maximum absolute atomic E-state index is 5.88. The molecule has 2 unspecified atom stereocenters. The van der Waals surface area contributed by atoms with Crippen molar-refractivity contribution < 1.29 is 4.74 Å². The molecule has 0 aromatic heterocycles. The van der Waals surface area contributed by atoms with Crippen molar-refractivity contribution in [3.8, 4) is 0 Å². The average Bonchev–Trinajstić information content (AvgIpc) is 2.37. The first kappa shape index (κ1) is 13.0. The van der Waals surface area contributed by atoms with Crippen LogP contribution in [-0.4, -0.2) is 25.3 Å². The van der Waals surface area contributed by atoms with Gasteiger partial charge in [-0.3, -0.25) is 0 Å². The monoisotopic (exact) mass is 213 g/mol. The SMILES string of the molecule is CC.CC1(C)CCOC2CCCNC2C1. The summed E-state index contributed by atoms with van der Waals surface area (Å²) in [5.41, 5.74) is 0.462. The van der Waals surface area contributed by atoms with E-state index in [-0.39, 0.29) is 0 Å². The van der Waals surface area contributed by atoms with Crippen molar-refractivity contribution >= 4 is 0 Å². The third kappa shape index (κ3) is 3.76. The van der Waals surface area contributed by atoms with Crippen LogP contribution in [0.3, 0.4) is 0 Å². The largest absolute Gasteiger partial charge is 0.377 e. The fourth-order valence-electron chi connectivity index (χ4n) is 2.51. The molecule has 15 heavy (non-hydrogen) atoms. The van der Waals surface area contributed by atoms with E-state index in [4.69, 9.17) is 4.74 Å². The minimum absolute atomic E-state index is 0.462. The van der Waals surface area contributed by atoms with E-state index >= 15 is 0 Å². The second kappa shape index (κ2) is 5.86. The van der Waals surface area contributed by atoms with Crippen molar-refractivity contribution in [3.63, 3.8) is 0 Å². The number of rotatable bonds is 0. The van der Waals surface area contributed by atoms with Crippen LogP contribution in [-0.2, 0) is 4.74 Å². The number of fused-ring (bicyclic) bond motifs is 1. The maximum Gasteiger partial charge on any atom is 0.0728 e. The summed E-state index contributed by atoms with van der Waals surface area (Å²) in [5.74, 6) is 0. The zero-order valence-corrected chi connectivity index (χ0v) is 10.8. The molecule has 0 aromatic carbocycles. The first-order valence-electron chi connectivity index (χ1n) is 6.52. The predicted molar refractivity (Wildman–Crippen MR) is 65.1 cm³/mol. The molecule has 2 atom stereocenters. The Bertz CT molecular complexity index is 179. The fourth-order valence-corrected chi connectivity index (χ4v) is 2.51. The highest BCUT2D eigenvalue weighted by Crippen LogP contribution is 2.33. The standard InChI is InChI=1S/C11H21NO.C2H6/c1-11(2)5-7-13-10-4-3-6-12-9(10)8-11;1-2/h9-10,12H,3-8H2,1-2H3;1-2H3. The number of hydrogen-bond donors (Lipinski definition) is 1. The van der Waals surface area contributed by atoms with E-state index in [1.165, 1.54) is 32.2 Å². The van der Waals surface area contributed by atoms with E-state index in [0.29, 0.717) is 17.6 Å². The van der Waals surface area contributed by atoms with Crippen LogP contribution in [0.4, 0.5) is 0 Å². The van der Waals surface area contributed by atoms with Crippen LogP contribution in [0.2, 0.25) is 0 Å². The summed E-state index contributed by atoms with van der Waals surface area (Å²) >= 11 is 0. The number of hydrogen-bond acceptors (Lipinski definition) is 2. The molecular weight excluding hydrogens is 186 g/mol. The van der Waals surface area contributed by atoms with Crippen LogP contribution in [0.5, 0.6) is 0 Å². The molecule has 0 spiro atoms. The van der Waals surface area contributed by atoms with Crippen LogP contribution in [0.15, 0.2) is 0 Å². The first-order valence-corrected chi connectivity index (χ1v) is 6.52. The predicted octanol–water partition coefficient (Wildman–Crippen LogP) is 2.97. The summed E-state index contributed by atoms with van der Waals surface area (Å²) in [6.45, 7) is 10.8. The molecule has 1 N–H and O–H groups in total. The van der Waals surface area contributed by atoms with E-state index in [2.05, 4.69) is 19.2 Å². The quantitative estimate of drug-likeness (QED) is 0.668. The molecule has 0 aliphatic carbocycles. The van der Waals surface area contributed by atoms with E-state index in [9.17, 15) is 0 Å². The Morgan fingerprint density at radius 2 is 2.00 bits per heavy atom. The molecule has 0 bridgehead atoms. The fraction of sp³-hybridized carbons (Fsp3) is 1.00. The maximum atomic E-state index is 5.88. The van der Waals surface area contributed by atoms with Crippen LogP contribution in [0, 0.1) is 5.41 Å². The first-order chi connectivity index (χ1) is 7.17. The van der Waals surface area contributed by atoms with Crippen molar-refractivity contribution in [3.05, 3.63) is 0 Å². The Kier molecular flexibility index (Phi) is 5.07. The molecule has 0 amide bonds. The normalized spacial score (nSPS) is 34.4. The van der Waals surface area contributed by atoms with Crippen molar-refractivity contribution in [1.82, 2.24) is 5.32 Å². The third-order valence-electron chi connectivity index (χ3n) is 3.40. The van der Waals surface area contributed by atoms with Crippen LogP contribution in [0.1, 0.15) is 53.4 Å². The summed E-state index contributed by atoms with van der Waals surface area (Å²) in [4.78, 5) is 0. The van der Waals surface area contributed by atoms with Gasteiger partial charge < -0.3 is 10.1 Å². The molecule has 2 rings (SSSR count). The van der Waals surface area contributed by atoms with Gasteiger partial charge in [-0.1, -0.05) is 27.7 Å². The summed E-state index contributed by atoms with van der Waals surface area (Å²) < 4.78 is 5.88. The number of piperidine rings is 1. The molecule has 0 radical (unpaired) electrons. The van der Waals surface area contributed by atoms with Gasteiger partial charge in [0.15, 0.2) is 0 Å². The van der Waals surface area contributed by atoms with Gasteiger partial charge >= 0.3 is 0 Å². The Morgan fingerprint density at radius 3 is 2.73 bits per heavy atom. The van der Waals surface area contributed by atoms with Crippen molar-refractivity contribution in [2.45, 2.75) is 65.5 Å². The molecule has 0 saturated carbocycles. The Labute approximate surface area is 94.8 Å². The van der Waals surface area contributed by atoms with Crippen LogP contribution in [0.25, 0.3) is 0 Å². The summed E-state index contributed by atoms with van der Waals surface area (Å²) in [6, 6.07) is 0.617. The average molecular weight is 213 g/mol. The van der Waals surface area contributed by atoms with Crippen molar-refractivity contribution in [2.75, 3.05) is 13.2 Å². The zero-order valence-electron chi connectivity index (χ0n) is 10.8. The van der Waals surface area contributed by atoms with Gasteiger partial charge in [0.2, 0.25) is 0 Å². The third-order valence-corrected chi connectivity index (χ3v) is 3.40. The minimum atomic E-state index is 0.462. The lowest BCUT2D eigenvalue weighted by Gasteiger charge is -2.33. The van der Waals surface area contributed by atoms with Gasteiger partial charge in [-0.05, 0) is 37.6 Å². The van der Waals surface area contributed by atoms with Crippen LogP contribution >= 0.6 is 0 Å². The second-order valence-electron chi connectivity index (χ2n) is 5.23. The van der Waals surface area contributed by atoms with Gasteiger partial charge in [0.1, 0.15) is 0 Å². The summed E-state index contributed by atoms with van der Waals surface area (Å²) in [6.07, 6.45) is 5.52. The Balaban J connectivity index is 0.000000531. The molecule has 90 valence electrons. The van der Waals surface area contributed by atoms with Crippen molar-refractivity contribution in [1.29, 1.82) is 0 Å². The molecule has 2 aliphatic heterocycles. The van der Waals surface area contributed by atoms with Crippen LogP contribution < -0.4 is 5.32 Å². The number of ether oxygens (including phenoxy) is 1. The highest BCUT2D eigenvalue weighted by atomic mass is 16.5. The second-order valence-corrected chi connectivity index (χ2v) is 5.23.